The Bertz CT molecular complexity index is 791. The highest BCUT2D eigenvalue weighted by molar-refractivity contribution is 5.84. The molecule has 4 rings (SSSR count). The van der Waals surface area contributed by atoms with Crippen LogP contribution in [0.5, 0.6) is 0 Å². The summed E-state index contributed by atoms with van der Waals surface area (Å²) in [5.41, 5.74) is 4.68. The third-order valence-corrected chi connectivity index (χ3v) is 4.31. The third kappa shape index (κ3) is 2.24. The first-order chi connectivity index (χ1) is 10.3. The molecule has 1 aromatic heterocycles. The Kier molecular flexibility index (Phi) is 3.00. The molecule has 21 heavy (non-hydrogen) atoms. The number of fused-ring (bicyclic) bond motifs is 3. The van der Waals surface area contributed by atoms with Crippen LogP contribution in [-0.2, 0) is 19.5 Å². The second-order valence-electron chi connectivity index (χ2n) is 5.68. The second kappa shape index (κ2) is 5.01. The minimum absolute atomic E-state index is 0.111. The summed E-state index contributed by atoms with van der Waals surface area (Å²) < 4.78 is 13.8. The van der Waals surface area contributed by atoms with E-state index in [0.29, 0.717) is 6.54 Å². The molecule has 0 spiro atoms. The van der Waals surface area contributed by atoms with E-state index in [1.54, 1.807) is 6.07 Å². The van der Waals surface area contributed by atoms with Gasteiger partial charge in [0.05, 0.1) is 0 Å². The highest BCUT2D eigenvalue weighted by Crippen LogP contribution is 2.28. The lowest BCUT2D eigenvalue weighted by Gasteiger charge is -2.27. The average Bonchev–Trinajstić information content (AvgIpc) is 2.87. The summed E-state index contributed by atoms with van der Waals surface area (Å²) in [6.45, 7) is 2.50. The number of nitrogens with zero attached hydrogens (tertiary/aromatic N) is 1. The molecule has 0 aliphatic carbocycles. The van der Waals surface area contributed by atoms with Crippen molar-refractivity contribution in [2.75, 3.05) is 6.54 Å². The molecule has 1 aliphatic heterocycles. The Hall–Kier alpha value is -2.13. The molecule has 3 heteroatoms. The molecule has 0 atom stereocenters. The summed E-state index contributed by atoms with van der Waals surface area (Å²) >= 11 is 0. The molecule has 1 N–H and O–H groups in total. The van der Waals surface area contributed by atoms with Crippen molar-refractivity contribution in [2.45, 2.75) is 19.5 Å². The summed E-state index contributed by atoms with van der Waals surface area (Å²) in [7, 11) is 0. The standard InChI is InChI=1S/C18H17FN2/c19-16-7-3-1-5-13(16)11-21-10-9-15-14-6-2-4-8-17(14)20-18(15)12-21/h1-8,20H,9-12H2. The SMILES string of the molecule is Fc1ccccc1CN1CCc2c([nH]c3ccccc23)C1. The molecule has 2 aromatic carbocycles. The van der Waals surface area contributed by atoms with E-state index in [4.69, 9.17) is 0 Å². The number of hydrogen-bond donors (Lipinski definition) is 1. The van der Waals surface area contributed by atoms with Gasteiger partial charge in [-0.1, -0.05) is 36.4 Å². The lowest BCUT2D eigenvalue weighted by atomic mass is 10.0. The van der Waals surface area contributed by atoms with Crippen molar-refractivity contribution < 1.29 is 4.39 Å². The maximum absolute atomic E-state index is 13.8. The number of aromatic amines is 1. The van der Waals surface area contributed by atoms with Gasteiger partial charge in [-0.25, -0.2) is 4.39 Å². The smallest absolute Gasteiger partial charge is 0.127 e. The predicted molar refractivity (Wildman–Crippen MR) is 82.5 cm³/mol. The summed E-state index contributed by atoms with van der Waals surface area (Å²) in [6.07, 6.45) is 1.02. The number of H-pyrrole nitrogens is 1. The Morgan fingerprint density at radius 1 is 1.05 bits per heavy atom. The van der Waals surface area contributed by atoms with Crippen LogP contribution in [-0.4, -0.2) is 16.4 Å². The predicted octanol–water partition coefficient (Wildman–Crippen LogP) is 3.87. The van der Waals surface area contributed by atoms with Gasteiger partial charge < -0.3 is 4.98 Å². The zero-order valence-corrected chi connectivity index (χ0v) is 11.8. The maximum Gasteiger partial charge on any atom is 0.127 e. The fraction of sp³-hybridized carbons (Fsp3) is 0.222. The van der Waals surface area contributed by atoms with Crippen molar-refractivity contribution in [1.29, 1.82) is 0 Å². The van der Waals surface area contributed by atoms with Gasteiger partial charge in [-0.2, -0.15) is 0 Å². The molecule has 0 fully saturated rings. The lowest BCUT2D eigenvalue weighted by molar-refractivity contribution is 0.240. The normalized spacial score (nSPS) is 15.3. The zero-order chi connectivity index (χ0) is 14.2. The van der Waals surface area contributed by atoms with Crippen molar-refractivity contribution in [2.24, 2.45) is 0 Å². The number of halogens is 1. The van der Waals surface area contributed by atoms with E-state index in [1.165, 1.54) is 28.2 Å². The topological polar surface area (TPSA) is 19.0 Å². The Labute approximate surface area is 123 Å². The highest BCUT2D eigenvalue weighted by Gasteiger charge is 2.20. The van der Waals surface area contributed by atoms with Crippen LogP contribution in [0.25, 0.3) is 10.9 Å². The molecule has 2 nitrogen and oxygen atoms in total. The first-order valence-corrected chi connectivity index (χ1v) is 7.35. The van der Waals surface area contributed by atoms with E-state index in [0.717, 1.165) is 25.1 Å². The van der Waals surface area contributed by atoms with Crippen molar-refractivity contribution in [3.05, 3.63) is 71.2 Å². The molecule has 1 aliphatic rings. The minimum Gasteiger partial charge on any atom is -0.357 e. The molecule has 2 heterocycles. The van der Waals surface area contributed by atoms with Gasteiger partial charge in [0, 0.05) is 41.8 Å². The van der Waals surface area contributed by atoms with E-state index in [-0.39, 0.29) is 5.82 Å². The van der Waals surface area contributed by atoms with Crippen LogP contribution in [0.2, 0.25) is 0 Å². The highest BCUT2D eigenvalue weighted by atomic mass is 19.1. The first-order valence-electron chi connectivity index (χ1n) is 7.35. The summed E-state index contributed by atoms with van der Waals surface area (Å²) in [6, 6.07) is 15.5. The van der Waals surface area contributed by atoms with Gasteiger partial charge in [0.1, 0.15) is 5.82 Å². The van der Waals surface area contributed by atoms with Crippen LogP contribution in [0.15, 0.2) is 48.5 Å². The molecular formula is C18H17FN2. The number of hydrogen-bond acceptors (Lipinski definition) is 1. The van der Waals surface area contributed by atoms with Gasteiger partial charge in [-0.3, -0.25) is 4.90 Å². The van der Waals surface area contributed by atoms with E-state index < -0.39 is 0 Å². The monoisotopic (exact) mass is 280 g/mol. The van der Waals surface area contributed by atoms with Gasteiger partial charge in [-0.15, -0.1) is 0 Å². The molecule has 0 bridgehead atoms. The zero-order valence-electron chi connectivity index (χ0n) is 11.8. The van der Waals surface area contributed by atoms with E-state index in [2.05, 4.69) is 34.1 Å². The Morgan fingerprint density at radius 3 is 2.76 bits per heavy atom. The molecule has 3 aromatic rings. The maximum atomic E-state index is 13.8. The summed E-state index contributed by atoms with van der Waals surface area (Å²) in [5.74, 6) is -0.111. The van der Waals surface area contributed by atoms with Gasteiger partial charge in [0.15, 0.2) is 0 Å². The van der Waals surface area contributed by atoms with Crippen LogP contribution in [0, 0.1) is 5.82 Å². The Balaban J connectivity index is 1.61. The number of benzene rings is 2. The number of rotatable bonds is 2. The largest absolute Gasteiger partial charge is 0.357 e. The molecule has 0 unspecified atom stereocenters. The first kappa shape index (κ1) is 12.6. The molecule has 0 radical (unpaired) electrons. The van der Waals surface area contributed by atoms with Crippen LogP contribution >= 0.6 is 0 Å². The number of para-hydroxylation sites is 1. The van der Waals surface area contributed by atoms with Gasteiger partial charge in [0.2, 0.25) is 0 Å². The van der Waals surface area contributed by atoms with E-state index in [1.807, 2.05) is 12.1 Å². The molecular weight excluding hydrogens is 263 g/mol. The van der Waals surface area contributed by atoms with Crippen molar-refractivity contribution in [3.63, 3.8) is 0 Å². The second-order valence-corrected chi connectivity index (χ2v) is 5.68. The molecule has 0 amide bonds. The fourth-order valence-electron chi connectivity index (χ4n) is 3.25. The van der Waals surface area contributed by atoms with Crippen LogP contribution in [0.3, 0.4) is 0 Å². The van der Waals surface area contributed by atoms with Crippen molar-refractivity contribution in [1.82, 2.24) is 9.88 Å². The van der Waals surface area contributed by atoms with Crippen LogP contribution in [0.4, 0.5) is 4.39 Å². The number of aromatic nitrogens is 1. The fourth-order valence-corrected chi connectivity index (χ4v) is 3.25. The molecule has 106 valence electrons. The summed E-state index contributed by atoms with van der Waals surface area (Å²) in [5, 5.41) is 1.33. The third-order valence-electron chi connectivity index (χ3n) is 4.31. The van der Waals surface area contributed by atoms with E-state index in [9.17, 15) is 4.39 Å². The van der Waals surface area contributed by atoms with Gasteiger partial charge in [0.25, 0.3) is 0 Å². The quantitative estimate of drug-likeness (QED) is 0.755. The van der Waals surface area contributed by atoms with Crippen LogP contribution < -0.4 is 0 Å². The molecule has 0 saturated heterocycles. The van der Waals surface area contributed by atoms with Gasteiger partial charge >= 0.3 is 0 Å². The Morgan fingerprint density at radius 2 is 1.86 bits per heavy atom. The van der Waals surface area contributed by atoms with E-state index >= 15 is 0 Å². The van der Waals surface area contributed by atoms with Crippen LogP contribution in [0.1, 0.15) is 16.8 Å². The van der Waals surface area contributed by atoms with Gasteiger partial charge in [-0.05, 0) is 24.1 Å². The number of nitrogens with one attached hydrogen (secondary N) is 1. The summed E-state index contributed by atoms with van der Waals surface area (Å²) in [4.78, 5) is 5.81. The average molecular weight is 280 g/mol. The minimum atomic E-state index is -0.111. The van der Waals surface area contributed by atoms with Crippen molar-refractivity contribution in [3.8, 4) is 0 Å². The molecule has 0 saturated carbocycles. The lowest BCUT2D eigenvalue weighted by Crippen LogP contribution is -2.30. The van der Waals surface area contributed by atoms with Crippen molar-refractivity contribution >= 4 is 10.9 Å².